The summed E-state index contributed by atoms with van der Waals surface area (Å²) in [7, 11) is 1.76. The summed E-state index contributed by atoms with van der Waals surface area (Å²) in [6.45, 7) is 0. The molecule has 144 valence electrons. The van der Waals surface area contributed by atoms with Crippen molar-refractivity contribution in [2.24, 2.45) is 0 Å². The van der Waals surface area contributed by atoms with Crippen LogP contribution in [0.2, 0.25) is 0 Å². The second kappa shape index (κ2) is 6.59. The minimum absolute atomic E-state index is 0.144. The SMILES string of the molecule is CN(C(=O)c1cn(-c2ccc(C(F)(F)F)cn2)nn1)C1CC2CCC(C1)N2. The maximum atomic E-state index is 12.7. The number of nitrogens with one attached hydrogen (secondary N) is 1. The Hall–Kier alpha value is -2.49. The molecule has 27 heavy (non-hydrogen) atoms. The van der Waals surface area contributed by atoms with Crippen LogP contribution in [0.5, 0.6) is 0 Å². The Balaban J connectivity index is 1.47. The van der Waals surface area contributed by atoms with Crippen LogP contribution < -0.4 is 5.32 Å². The van der Waals surface area contributed by atoms with E-state index >= 15 is 0 Å². The number of hydrogen-bond donors (Lipinski definition) is 1. The van der Waals surface area contributed by atoms with Gasteiger partial charge in [-0.1, -0.05) is 5.21 Å². The van der Waals surface area contributed by atoms with Crippen molar-refractivity contribution in [3.05, 3.63) is 35.8 Å². The number of carbonyl (C=O) groups is 1. The quantitative estimate of drug-likeness (QED) is 0.882. The Kier molecular flexibility index (Phi) is 4.37. The summed E-state index contributed by atoms with van der Waals surface area (Å²) >= 11 is 0. The molecule has 2 saturated heterocycles. The number of piperidine rings is 1. The van der Waals surface area contributed by atoms with Crippen molar-refractivity contribution < 1.29 is 18.0 Å². The Morgan fingerprint density at radius 2 is 1.96 bits per heavy atom. The molecule has 2 aliphatic heterocycles. The third kappa shape index (κ3) is 3.53. The maximum Gasteiger partial charge on any atom is 0.417 e. The summed E-state index contributed by atoms with van der Waals surface area (Å²) in [5.41, 5.74) is -0.701. The zero-order valence-corrected chi connectivity index (χ0v) is 14.6. The standard InChI is InChI=1S/C17H19F3N6O/c1-25(13-6-11-3-4-12(7-13)22-11)16(27)14-9-26(24-23-14)15-5-2-10(8-21-15)17(18,19)20/h2,5,8-9,11-13,22H,3-4,6-7H2,1H3. The summed E-state index contributed by atoms with van der Waals surface area (Å²) in [6.07, 6.45) is 1.77. The third-order valence-corrected chi connectivity index (χ3v) is 5.34. The number of halogens is 3. The highest BCUT2D eigenvalue weighted by atomic mass is 19.4. The molecule has 2 aliphatic rings. The highest BCUT2D eigenvalue weighted by Crippen LogP contribution is 2.30. The summed E-state index contributed by atoms with van der Waals surface area (Å²) in [4.78, 5) is 18.2. The van der Waals surface area contributed by atoms with Gasteiger partial charge in [0.05, 0.1) is 11.8 Å². The third-order valence-electron chi connectivity index (χ3n) is 5.34. The van der Waals surface area contributed by atoms with Crippen LogP contribution in [-0.2, 0) is 6.18 Å². The molecule has 4 rings (SSSR count). The van der Waals surface area contributed by atoms with E-state index in [4.69, 9.17) is 0 Å². The number of hydrogen-bond acceptors (Lipinski definition) is 5. The van der Waals surface area contributed by atoms with Gasteiger partial charge in [0, 0.05) is 31.4 Å². The summed E-state index contributed by atoms with van der Waals surface area (Å²) in [5, 5.41) is 11.2. The molecule has 0 radical (unpaired) electrons. The van der Waals surface area contributed by atoms with Crippen LogP contribution >= 0.6 is 0 Å². The fourth-order valence-electron chi connectivity index (χ4n) is 3.85. The molecule has 2 unspecified atom stereocenters. The number of pyridine rings is 1. The van der Waals surface area contributed by atoms with E-state index in [2.05, 4.69) is 20.6 Å². The van der Waals surface area contributed by atoms with E-state index in [9.17, 15) is 18.0 Å². The highest BCUT2D eigenvalue weighted by Gasteiger charge is 2.37. The van der Waals surface area contributed by atoms with Crippen molar-refractivity contribution in [2.75, 3.05) is 7.05 Å². The molecular formula is C17H19F3N6O. The van der Waals surface area contributed by atoms with Crippen molar-refractivity contribution in [1.29, 1.82) is 0 Å². The molecule has 7 nitrogen and oxygen atoms in total. The van der Waals surface area contributed by atoms with Crippen molar-refractivity contribution in [2.45, 2.75) is 50.0 Å². The van der Waals surface area contributed by atoms with Gasteiger partial charge in [0.15, 0.2) is 11.5 Å². The Bertz CT molecular complexity index is 822. The van der Waals surface area contributed by atoms with Crippen molar-refractivity contribution in [3.63, 3.8) is 0 Å². The molecule has 2 atom stereocenters. The molecule has 0 aromatic carbocycles. The van der Waals surface area contributed by atoms with Gasteiger partial charge in [-0.3, -0.25) is 4.79 Å². The highest BCUT2D eigenvalue weighted by molar-refractivity contribution is 5.92. The average molecular weight is 380 g/mol. The summed E-state index contributed by atoms with van der Waals surface area (Å²) < 4.78 is 39.1. The first-order valence-electron chi connectivity index (χ1n) is 8.80. The molecule has 4 heterocycles. The van der Waals surface area contributed by atoms with Crippen LogP contribution in [0.25, 0.3) is 5.82 Å². The lowest BCUT2D eigenvalue weighted by Crippen LogP contribution is -2.48. The molecule has 2 aromatic heterocycles. The first kappa shape index (κ1) is 17.9. The lowest BCUT2D eigenvalue weighted by molar-refractivity contribution is -0.137. The van der Waals surface area contributed by atoms with Gasteiger partial charge in [0.25, 0.3) is 5.91 Å². The zero-order valence-electron chi connectivity index (χ0n) is 14.6. The fraction of sp³-hybridized carbons (Fsp3) is 0.529. The predicted molar refractivity (Wildman–Crippen MR) is 89.2 cm³/mol. The van der Waals surface area contributed by atoms with E-state index in [1.165, 1.54) is 16.9 Å². The average Bonchev–Trinajstić information content (AvgIpc) is 3.26. The Labute approximate surface area is 153 Å². The Morgan fingerprint density at radius 3 is 2.56 bits per heavy atom. The summed E-state index contributed by atoms with van der Waals surface area (Å²) in [5.74, 6) is -0.0865. The van der Waals surface area contributed by atoms with Gasteiger partial charge >= 0.3 is 6.18 Å². The molecule has 2 aromatic rings. The molecule has 10 heteroatoms. The van der Waals surface area contributed by atoms with Crippen LogP contribution in [0.1, 0.15) is 41.7 Å². The van der Waals surface area contributed by atoms with Crippen molar-refractivity contribution >= 4 is 5.91 Å². The fourth-order valence-corrected chi connectivity index (χ4v) is 3.85. The molecule has 1 N–H and O–H groups in total. The maximum absolute atomic E-state index is 12.7. The number of aromatic nitrogens is 4. The van der Waals surface area contributed by atoms with Crippen LogP contribution in [0.15, 0.2) is 24.5 Å². The number of alkyl halides is 3. The van der Waals surface area contributed by atoms with E-state index in [1.54, 1.807) is 11.9 Å². The first-order valence-corrected chi connectivity index (χ1v) is 8.80. The van der Waals surface area contributed by atoms with E-state index in [0.717, 1.165) is 37.9 Å². The summed E-state index contributed by atoms with van der Waals surface area (Å²) in [6, 6.07) is 3.17. The second-order valence-electron chi connectivity index (χ2n) is 7.13. The van der Waals surface area contributed by atoms with Crippen LogP contribution in [0.4, 0.5) is 13.2 Å². The van der Waals surface area contributed by atoms with Gasteiger partial charge in [-0.25, -0.2) is 9.67 Å². The van der Waals surface area contributed by atoms with Crippen molar-refractivity contribution in [3.8, 4) is 5.82 Å². The molecule has 1 amide bonds. The topological polar surface area (TPSA) is 75.9 Å². The number of rotatable bonds is 3. The smallest absolute Gasteiger partial charge is 0.337 e. The molecule has 2 fully saturated rings. The van der Waals surface area contributed by atoms with E-state index in [1.807, 2.05) is 0 Å². The molecule has 0 saturated carbocycles. The van der Waals surface area contributed by atoms with Gasteiger partial charge in [-0.05, 0) is 37.8 Å². The number of amides is 1. The molecule has 2 bridgehead atoms. The normalized spacial score (nSPS) is 24.8. The van der Waals surface area contributed by atoms with Crippen LogP contribution in [-0.4, -0.2) is 56.0 Å². The van der Waals surface area contributed by atoms with Gasteiger partial charge in [0.2, 0.25) is 0 Å². The molecular weight excluding hydrogens is 361 g/mol. The first-order chi connectivity index (χ1) is 12.8. The second-order valence-corrected chi connectivity index (χ2v) is 7.13. The van der Waals surface area contributed by atoms with Gasteiger partial charge in [-0.2, -0.15) is 13.2 Å². The van der Waals surface area contributed by atoms with E-state index in [-0.39, 0.29) is 23.5 Å². The molecule has 0 aliphatic carbocycles. The number of nitrogens with zero attached hydrogens (tertiary/aromatic N) is 5. The minimum atomic E-state index is -4.45. The van der Waals surface area contributed by atoms with Crippen LogP contribution in [0.3, 0.4) is 0 Å². The monoisotopic (exact) mass is 380 g/mol. The van der Waals surface area contributed by atoms with Gasteiger partial charge in [-0.15, -0.1) is 5.10 Å². The lowest BCUT2D eigenvalue weighted by Gasteiger charge is -2.35. The zero-order chi connectivity index (χ0) is 19.2. The predicted octanol–water partition coefficient (Wildman–Crippen LogP) is 2.04. The number of fused-ring (bicyclic) bond motifs is 2. The lowest BCUT2D eigenvalue weighted by atomic mass is 9.98. The largest absolute Gasteiger partial charge is 0.417 e. The molecule has 0 spiro atoms. The minimum Gasteiger partial charge on any atom is -0.337 e. The Morgan fingerprint density at radius 1 is 1.26 bits per heavy atom. The number of carbonyl (C=O) groups excluding carboxylic acids is 1. The van der Waals surface area contributed by atoms with Crippen LogP contribution in [0, 0.1) is 0 Å². The van der Waals surface area contributed by atoms with Gasteiger partial charge in [0.1, 0.15) is 0 Å². The van der Waals surface area contributed by atoms with E-state index < -0.39 is 11.7 Å². The van der Waals surface area contributed by atoms with Gasteiger partial charge < -0.3 is 10.2 Å². The van der Waals surface area contributed by atoms with Crippen molar-refractivity contribution in [1.82, 2.24) is 30.2 Å². The van der Waals surface area contributed by atoms with E-state index in [0.29, 0.717) is 12.1 Å².